The van der Waals surface area contributed by atoms with Crippen LogP contribution in [0.5, 0.6) is 0 Å². The number of ether oxygens (including phenoxy) is 1. The second-order valence-electron chi connectivity index (χ2n) is 6.95. The van der Waals surface area contributed by atoms with E-state index in [1.807, 2.05) is 30.3 Å². The van der Waals surface area contributed by atoms with Crippen molar-refractivity contribution in [1.82, 2.24) is 5.01 Å². The van der Waals surface area contributed by atoms with E-state index in [1.54, 1.807) is 29.2 Å². The summed E-state index contributed by atoms with van der Waals surface area (Å²) >= 11 is 0. The standard InChI is InChI=1S/C22H21N3O4/c26-20-7-4-13-24(20)18-10-8-17(9-11-18)22(28)29-15-21(27)25-14-12-19(23-25)16-5-2-1-3-6-16/h1-3,5-6,8-11H,4,7,12-15H2. The van der Waals surface area contributed by atoms with Crippen LogP contribution in [0.1, 0.15) is 35.2 Å². The Morgan fingerprint density at radius 1 is 0.966 bits per heavy atom. The van der Waals surface area contributed by atoms with Gasteiger partial charge in [-0.2, -0.15) is 5.10 Å². The van der Waals surface area contributed by atoms with Gasteiger partial charge in [0.25, 0.3) is 5.91 Å². The summed E-state index contributed by atoms with van der Waals surface area (Å²) in [6.07, 6.45) is 2.06. The third kappa shape index (κ3) is 4.18. The van der Waals surface area contributed by atoms with Crippen molar-refractivity contribution in [2.45, 2.75) is 19.3 Å². The number of hydrogen-bond donors (Lipinski definition) is 0. The summed E-state index contributed by atoms with van der Waals surface area (Å²) in [6, 6.07) is 16.3. The summed E-state index contributed by atoms with van der Waals surface area (Å²) in [7, 11) is 0. The van der Waals surface area contributed by atoms with Crippen LogP contribution in [-0.4, -0.2) is 48.2 Å². The van der Waals surface area contributed by atoms with Crippen molar-refractivity contribution in [3.05, 3.63) is 65.7 Å². The molecule has 0 N–H and O–H groups in total. The van der Waals surface area contributed by atoms with Crippen LogP contribution in [0.15, 0.2) is 59.7 Å². The maximum atomic E-state index is 12.3. The molecule has 2 aromatic carbocycles. The summed E-state index contributed by atoms with van der Waals surface area (Å²) < 4.78 is 5.15. The number of anilines is 1. The van der Waals surface area contributed by atoms with Gasteiger partial charge in [0.2, 0.25) is 5.91 Å². The Morgan fingerprint density at radius 2 is 1.72 bits per heavy atom. The Kier molecular flexibility index (Phi) is 5.37. The topological polar surface area (TPSA) is 79.3 Å². The van der Waals surface area contributed by atoms with Gasteiger partial charge in [0.05, 0.1) is 17.8 Å². The molecular weight excluding hydrogens is 370 g/mol. The molecule has 1 fully saturated rings. The van der Waals surface area contributed by atoms with Crippen LogP contribution in [0.25, 0.3) is 0 Å². The van der Waals surface area contributed by atoms with Crippen LogP contribution in [0.4, 0.5) is 5.69 Å². The summed E-state index contributed by atoms with van der Waals surface area (Å²) in [5.41, 5.74) is 2.93. The third-order valence-corrected chi connectivity index (χ3v) is 5.01. The number of benzene rings is 2. The maximum Gasteiger partial charge on any atom is 0.338 e. The number of amides is 2. The van der Waals surface area contributed by atoms with Gasteiger partial charge in [-0.15, -0.1) is 0 Å². The quantitative estimate of drug-likeness (QED) is 0.734. The molecule has 1 saturated heterocycles. The second-order valence-corrected chi connectivity index (χ2v) is 6.95. The summed E-state index contributed by atoms with van der Waals surface area (Å²) in [6.45, 7) is 0.800. The smallest absolute Gasteiger partial charge is 0.338 e. The summed E-state index contributed by atoms with van der Waals surface area (Å²) in [5.74, 6) is -0.848. The minimum Gasteiger partial charge on any atom is -0.452 e. The highest BCUT2D eigenvalue weighted by Gasteiger charge is 2.24. The molecule has 2 amide bonds. The Hall–Kier alpha value is -3.48. The Bertz CT molecular complexity index is 954. The number of nitrogens with zero attached hydrogens (tertiary/aromatic N) is 3. The molecule has 0 bridgehead atoms. The Labute approximate surface area is 168 Å². The molecule has 7 heteroatoms. The van der Waals surface area contributed by atoms with Crippen LogP contribution < -0.4 is 4.90 Å². The highest BCUT2D eigenvalue weighted by molar-refractivity contribution is 6.03. The summed E-state index contributed by atoms with van der Waals surface area (Å²) in [4.78, 5) is 38.1. The first-order valence-electron chi connectivity index (χ1n) is 9.62. The number of esters is 1. The molecule has 0 saturated carbocycles. The molecule has 0 aliphatic carbocycles. The monoisotopic (exact) mass is 391 g/mol. The molecule has 0 radical (unpaired) electrons. The van der Waals surface area contributed by atoms with Gasteiger partial charge in [0, 0.05) is 25.1 Å². The van der Waals surface area contributed by atoms with E-state index in [-0.39, 0.29) is 18.4 Å². The van der Waals surface area contributed by atoms with Crippen LogP contribution in [0.3, 0.4) is 0 Å². The number of hydrogen-bond acceptors (Lipinski definition) is 5. The van der Waals surface area contributed by atoms with Crippen molar-refractivity contribution in [2.75, 3.05) is 24.6 Å². The molecule has 2 aliphatic heterocycles. The number of hydrazone groups is 1. The van der Waals surface area contributed by atoms with Crippen LogP contribution in [0, 0.1) is 0 Å². The lowest BCUT2D eigenvalue weighted by molar-refractivity contribution is -0.134. The van der Waals surface area contributed by atoms with Crippen molar-refractivity contribution < 1.29 is 19.1 Å². The zero-order valence-corrected chi connectivity index (χ0v) is 15.9. The fourth-order valence-corrected chi connectivity index (χ4v) is 3.45. The number of carbonyl (C=O) groups excluding carboxylic acids is 3. The average molecular weight is 391 g/mol. The first-order valence-corrected chi connectivity index (χ1v) is 9.62. The van der Waals surface area contributed by atoms with Crippen molar-refractivity contribution in [2.24, 2.45) is 5.10 Å². The highest BCUT2D eigenvalue weighted by atomic mass is 16.5. The molecular formula is C22H21N3O4. The van der Waals surface area contributed by atoms with Gasteiger partial charge in [-0.1, -0.05) is 30.3 Å². The molecule has 7 nitrogen and oxygen atoms in total. The average Bonchev–Trinajstić information content (AvgIpc) is 3.42. The molecule has 0 spiro atoms. The first-order chi connectivity index (χ1) is 14.1. The van der Waals surface area contributed by atoms with Gasteiger partial charge in [-0.3, -0.25) is 9.59 Å². The lowest BCUT2D eigenvalue weighted by Gasteiger charge is -2.16. The minimum atomic E-state index is -0.580. The maximum absolute atomic E-state index is 12.3. The Morgan fingerprint density at radius 3 is 2.41 bits per heavy atom. The molecule has 2 aromatic rings. The van der Waals surface area contributed by atoms with E-state index in [9.17, 15) is 14.4 Å². The predicted molar refractivity (Wildman–Crippen MR) is 108 cm³/mol. The van der Waals surface area contributed by atoms with Gasteiger partial charge < -0.3 is 9.64 Å². The van der Waals surface area contributed by atoms with E-state index in [0.29, 0.717) is 31.5 Å². The molecule has 0 atom stereocenters. The van der Waals surface area contributed by atoms with Gasteiger partial charge >= 0.3 is 5.97 Å². The SMILES string of the molecule is O=C(OCC(=O)N1CCC(c2ccccc2)=N1)c1ccc(N2CCCC2=O)cc1. The number of rotatable bonds is 5. The lowest BCUT2D eigenvalue weighted by atomic mass is 10.1. The fourth-order valence-electron chi connectivity index (χ4n) is 3.45. The Balaban J connectivity index is 1.32. The molecule has 29 heavy (non-hydrogen) atoms. The van der Waals surface area contributed by atoms with Gasteiger partial charge in [0.15, 0.2) is 6.61 Å². The number of carbonyl (C=O) groups is 3. The zero-order chi connectivity index (χ0) is 20.2. The molecule has 2 aliphatic rings. The van der Waals surface area contributed by atoms with Crippen LogP contribution >= 0.6 is 0 Å². The van der Waals surface area contributed by atoms with E-state index in [1.165, 1.54) is 5.01 Å². The minimum absolute atomic E-state index is 0.0898. The van der Waals surface area contributed by atoms with Gasteiger partial charge in [-0.05, 0) is 36.2 Å². The first kappa shape index (κ1) is 18.9. The van der Waals surface area contributed by atoms with Gasteiger partial charge in [-0.25, -0.2) is 9.80 Å². The van der Waals surface area contributed by atoms with Gasteiger partial charge in [0.1, 0.15) is 0 Å². The van der Waals surface area contributed by atoms with Crippen LogP contribution in [0.2, 0.25) is 0 Å². The summed E-state index contributed by atoms with van der Waals surface area (Å²) in [5, 5.41) is 5.69. The van der Waals surface area contributed by atoms with Crippen molar-refractivity contribution in [1.29, 1.82) is 0 Å². The van der Waals surface area contributed by atoms with E-state index < -0.39 is 5.97 Å². The predicted octanol–water partition coefficient (Wildman–Crippen LogP) is 2.61. The largest absolute Gasteiger partial charge is 0.452 e. The molecule has 148 valence electrons. The van der Waals surface area contributed by atoms with E-state index in [4.69, 9.17) is 4.74 Å². The van der Waals surface area contributed by atoms with Crippen LogP contribution in [-0.2, 0) is 14.3 Å². The fraction of sp³-hybridized carbons (Fsp3) is 0.273. The van der Waals surface area contributed by atoms with Crippen molar-refractivity contribution in [3.63, 3.8) is 0 Å². The van der Waals surface area contributed by atoms with Crippen molar-refractivity contribution in [3.8, 4) is 0 Å². The van der Waals surface area contributed by atoms with Crippen molar-refractivity contribution >= 4 is 29.2 Å². The second kappa shape index (κ2) is 8.26. The molecule has 0 unspecified atom stereocenters. The van der Waals surface area contributed by atoms with E-state index >= 15 is 0 Å². The van der Waals surface area contributed by atoms with E-state index in [0.717, 1.165) is 23.4 Å². The third-order valence-electron chi connectivity index (χ3n) is 5.01. The highest BCUT2D eigenvalue weighted by Crippen LogP contribution is 2.22. The van der Waals surface area contributed by atoms with E-state index in [2.05, 4.69) is 5.10 Å². The molecule has 2 heterocycles. The molecule has 4 rings (SSSR count). The lowest BCUT2D eigenvalue weighted by Crippen LogP contribution is -2.28. The zero-order valence-electron chi connectivity index (χ0n) is 15.9. The normalized spacial score (nSPS) is 16.1. The molecule has 0 aromatic heterocycles.